The minimum atomic E-state index is -0.211. The lowest BCUT2D eigenvalue weighted by molar-refractivity contribution is -0.117. The van der Waals surface area contributed by atoms with Gasteiger partial charge in [0.1, 0.15) is 11.5 Å². The fraction of sp³-hybridized carbons (Fsp3) is 0.211. The molecule has 2 aromatic carbocycles. The summed E-state index contributed by atoms with van der Waals surface area (Å²) in [5.41, 5.74) is 1.82. The van der Waals surface area contributed by atoms with Crippen LogP contribution in [0.3, 0.4) is 0 Å². The molecule has 1 N–H and O–H groups in total. The third kappa shape index (κ3) is 4.86. The molecule has 2 aromatic rings. The highest BCUT2D eigenvalue weighted by atomic mass is 79.9. The second-order valence-electron chi connectivity index (χ2n) is 5.22. The van der Waals surface area contributed by atoms with Crippen LogP contribution in [0.5, 0.6) is 11.5 Å². The zero-order valence-electron chi connectivity index (χ0n) is 13.9. The number of ether oxygens (including phenoxy) is 2. The molecule has 2 rings (SSSR count). The molecule has 0 bridgehead atoms. The van der Waals surface area contributed by atoms with Crippen LogP contribution in [0.2, 0.25) is 0 Å². The van der Waals surface area contributed by atoms with E-state index in [9.17, 15) is 4.79 Å². The van der Waals surface area contributed by atoms with Crippen LogP contribution >= 0.6 is 15.9 Å². The summed E-state index contributed by atoms with van der Waals surface area (Å²) in [4.78, 5) is 12.1. The van der Waals surface area contributed by atoms with Crippen LogP contribution in [0.1, 0.15) is 24.1 Å². The lowest BCUT2D eigenvalue weighted by atomic mass is 10.1. The molecule has 0 unspecified atom stereocenters. The van der Waals surface area contributed by atoms with E-state index in [1.807, 2.05) is 49.4 Å². The highest BCUT2D eigenvalue weighted by Gasteiger charge is 2.14. The van der Waals surface area contributed by atoms with E-state index in [2.05, 4.69) is 21.2 Å². The molecule has 0 saturated heterocycles. The summed E-state index contributed by atoms with van der Waals surface area (Å²) in [5, 5.41) is 2.93. The minimum absolute atomic E-state index is 0.171. The molecule has 0 aliphatic rings. The first-order valence-electron chi connectivity index (χ1n) is 7.49. The summed E-state index contributed by atoms with van der Waals surface area (Å²) in [6.07, 6.45) is 3.30. The van der Waals surface area contributed by atoms with Gasteiger partial charge in [-0.1, -0.05) is 28.1 Å². The number of carbonyl (C=O) groups excluding carboxylic acids is 1. The van der Waals surface area contributed by atoms with Crippen molar-refractivity contribution in [2.45, 2.75) is 13.0 Å². The Kier molecular flexibility index (Phi) is 6.44. The monoisotopic (exact) mass is 389 g/mol. The Morgan fingerprint density at radius 3 is 2.46 bits per heavy atom. The van der Waals surface area contributed by atoms with Gasteiger partial charge in [0.05, 0.1) is 20.3 Å². The SMILES string of the molecule is COc1ccc(OC)c([C@H](C)NC(=O)/C=C/c2ccc(Br)cc2)c1. The Morgan fingerprint density at radius 1 is 1.12 bits per heavy atom. The molecule has 1 atom stereocenters. The van der Waals surface area contributed by atoms with Crippen molar-refractivity contribution in [1.29, 1.82) is 0 Å². The maximum Gasteiger partial charge on any atom is 0.244 e. The van der Waals surface area contributed by atoms with Crippen LogP contribution in [0.15, 0.2) is 53.0 Å². The Hall–Kier alpha value is -2.27. The third-order valence-electron chi connectivity index (χ3n) is 3.56. The molecule has 1 amide bonds. The van der Waals surface area contributed by atoms with E-state index in [4.69, 9.17) is 9.47 Å². The van der Waals surface area contributed by atoms with Crippen molar-refractivity contribution in [2.24, 2.45) is 0 Å². The summed E-state index contributed by atoms with van der Waals surface area (Å²) in [7, 11) is 3.21. The summed E-state index contributed by atoms with van der Waals surface area (Å²) >= 11 is 3.38. The Morgan fingerprint density at radius 2 is 1.83 bits per heavy atom. The average molecular weight is 390 g/mol. The largest absolute Gasteiger partial charge is 0.497 e. The van der Waals surface area contributed by atoms with Crippen LogP contribution in [0.4, 0.5) is 0 Å². The molecule has 0 aromatic heterocycles. The van der Waals surface area contributed by atoms with Gasteiger partial charge in [0.2, 0.25) is 5.91 Å². The number of amides is 1. The van der Waals surface area contributed by atoms with E-state index in [1.54, 1.807) is 20.3 Å². The molecule has 0 saturated carbocycles. The number of hydrogen-bond donors (Lipinski definition) is 1. The summed E-state index contributed by atoms with van der Waals surface area (Å²) in [5.74, 6) is 1.26. The lowest BCUT2D eigenvalue weighted by Crippen LogP contribution is -2.25. The topological polar surface area (TPSA) is 47.6 Å². The fourth-order valence-corrected chi connectivity index (χ4v) is 2.53. The second kappa shape index (κ2) is 8.55. The van der Waals surface area contributed by atoms with Gasteiger partial charge in [-0.05, 0) is 48.9 Å². The van der Waals surface area contributed by atoms with Gasteiger partial charge in [-0.2, -0.15) is 0 Å². The molecule has 126 valence electrons. The molecule has 4 nitrogen and oxygen atoms in total. The standard InChI is InChI=1S/C19H20BrNO3/c1-13(17-12-16(23-2)9-10-18(17)24-3)21-19(22)11-6-14-4-7-15(20)8-5-14/h4-13H,1-3H3,(H,21,22)/b11-6+/t13-/m0/s1. The van der Waals surface area contributed by atoms with Crippen LogP contribution < -0.4 is 14.8 Å². The highest BCUT2D eigenvalue weighted by molar-refractivity contribution is 9.10. The minimum Gasteiger partial charge on any atom is -0.497 e. The van der Waals surface area contributed by atoms with Crippen molar-refractivity contribution >= 4 is 27.9 Å². The molecule has 0 heterocycles. The first-order chi connectivity index (χ1) is 11.5. The van der Waals surface area contributed by atoms with Gasteiger partial charge >= 0.3 is 0 Å². The van der Waals surface area contributed by atoms with Crippen molar-refractivity contribution in [3.8, 4) is 11.5 Å². The Bertz CT molecular complexity index is 726. The molecule has 0 spiro atoms. The highest BCUT2D eigenvalue weighted by Crippen LogP contribution is 2.29. The van der Waals surface area contributed by atoms with E-state index in [-0.39, 0.29) is 11.9 Å². The average Bonchev–Trinajstić information content (AvgIpc) is 2.60. The van der Waals surface area contributed by atoms with Crippen molar-refractivity contribution in [2.75, 3.05) is 14.2 Å². The predicted molar refractivity (Wildman–Crippen MR) is 99.3 cm³/mol. The summed E-state index contributed by atoms with van der Waals surface area (Å²) in [6.45, 7) is 1.91. The Labute approximate surface area is 150 Å². The van der Waals surface area contributed by atoms with Crippen LogP contribution in [0, 0.1) is 0 Å². The van der Waals surface area contributed by atoms with E-state index >= 15 is 0 Å². The zero-order valence-corrected chi connectivity index (χ0v) is 15.5. The number of methoxy groups -OCH3 is 2. The molecular weight excluding hydrogens is 370 g/mol. The van der Waals surface area contributed by atoms with E-state index in [1.165, 1.54) is 6.08 Å². The first kappa shape index (κ1) is 18.1. The van der Waals surface area contributed by atoms with Gasteiger partial charge in [0, 0.05) is 16.1 Å². The summed E-state index contributed by atoms with van der Waals surface area (Å²) in [6, 6.07) is 13.0. The maximum atomic E-state index is 12.1. The zero-order chi connectivity index (χ0) is 17.5. The summed E-state index contributed by atoms with van der Waals surface area (Å²) < 4.78 is 11.6. The third-order valence-corrected chi connectivity index (χ3v) is 4.09. The first-order valence-corrected chi connectivity index (χ1v) is 8.29. The number of hydrogen-bond acceptors (Lipinski definition) is 3. The molecule has 0 fully saturated rings. The smallest absolute Gasteiger partial charge is 0.244 e. The van der Waals surface area contributed by atoms with Crippen molar-refractivity contribution < 1.29 is 14.3 Å². The number of rotatable bonds is 6. The van der Waals surface area contributed by atoms with Gasteiger partial charge in [0.25, 0.3) is 0 Å². The van der Waals surface area contributed by atoms with E-state index in [0.29, 0.717) is 5.75 Å². The molecule has 0 aliphatic heterocycles. The molecule has 5 heteroatoms. The van der Waals surface area contributed by atoms with E-state index < -0.39 is 0 Å². The van der Waals surface area contributed by atoms with Crippen LogP contribution in [-0.4, -0.2) is 20.1 Å². The lowest BCUT2D eigenvalue weighted by Gasteiger charge is -2.17. The number of nitrogens with one attached hydrogen (secondary N) is 1. The maximum absolute atomic E-state index is 12.1. The van der Waals surface area contributed by atoms with Crippen molar-refractivity contribution in [1.82, 2.24) is 5.32 Å². The number of halogens is 1. The van der Waals surface area contributed by atoms with Crippen LogP contribution in [0.25, 0.3) is 6.08 Å². The van der Waals surface area contributed by atoms with Gasteiger partial charge < -0.3 is 14.8 Å². The number of benzene rings is 2. The molecule has 0 aliphatic carbocycles. The van der Waals surface area contributed by atoms with Crippen molar-refractivity contribution in [3.05, 3.63) is 64.1 Å². The van der Waals surface area contributed by atoms with Gasteiger partial charge in [0.15, 0.2) is 0 Å². The van der Waals surface area contributed by atoms with Crippen LogP contribution in [-0.2, 0) is 4.79 Å². The van der Waals surface area contributed by atoms with Gasteiger partial charge in [-0.3, -0.25) is 4.79 Å². The second-order valence-corrected chi connectivity index (χ2v) is 6.14. The normalized spacial score (nSPS) is 12.0. The fourth-order valence-electron chi connectivity index (χ4n) is 2.26. The van der Waals surface area contributed by atoms with Crippen molar-refractivity contribution in [3.63, 3.8) is 0 Å². The predicted octanol–water partition coefficient (Wildman–Crippen LogP) is 4.36. The number of carbonyl (C=O) groups is 1. The quantitative estimate of drug-likeness (QED) is 0.746. The van der Waals surface area contributed by atoms with Gasteiger partial charge in [-0.25, -0.2) is 0 Å². The van der Waals surface area contributed by atoms with Gasteiger partial charge in [-0.15, -0.1) is 0 Å². The Balaban J connectivity index is 2.07. The molecule has 24 heavy (non-hydrogen) atoms. The molecular formula is C19H20BrNO3. The molecule has 0 radical (unpaired) electrons. The van der Waals surface area contributed by atoms with E-state index in [0.717, 1.165) is 21.3 Å².